The molecular formula is C30H22Cl2NNaO4. The number of carbonyl (C=O) groups excluding carboxylic acids is 1. The van der Waals surface area contributed by atoms with Crippen LogP contribution in [0.25, 0.3) is 33.2 Å². The van der Waals surface area contributed by atoms with Gasteiger partial charge in [0.1, 0.15) is 23.8 Å². The van der Waals surface area contributed by atoms with E-state index in [2.05, 4.69) is 5.16 Å². The maximum Gasteiger partial charge on any atom is 1.00 e. The molecule has 5 aromatic rings. The standard InChI is InChI=1S/C30H23Cl2NO4.Na/c1-17(2)29-24(28(33-37-29)27-25(31)7-4-8-26(27)32)16-36-21-12-9-18(10-13-21)19-11-14-22-20(15-19)5-3-6-23(22)30(34)35;/h3-15,17H,16H2,1-2H3,(H,34,35);/q;+1/p-1. The van der Waals surface area contributed by atoms with E-state index in [-0.39, 0.29) is 47.6 Å². The number of ether oxygens (including phenoxy) is 1. The Morgan fingerprint density at radius 3 is 2.26 bits per heavy atom. The van der Waals surface area contributed by atoms with Gasteiger partial charge in [0.2, 0.25) is 0 Å². The molecule has 0 spiro atoms. The minimum atomic E-state index is -1.19. The largest absolute Gasteiger partial charge is 1.00 e. The third-order valence-electron chi connectivity index (χ3n) is 6.21. The van der Waals surface area contributed by atoms with E-state index in [9.17, 15) is 9.90 Å². The third kappa shape index (κ3) is 5.63. The molecule has 0 saturated carbocycles. The first-order valence-electron chi connectivity index (χ1n) is 11.7. The Labute approximate surface area is 252 Å². The van der Waals surface area contributed by atoms with Gasteiger partial charge in [0.05, 0.1) is 21.6 Å². The molecule has 0 aliphatic rings. The molecule has 4 aromatic carbocycles. The number of carboxylic acids is 1. The maximum atomic E-state index is 11.4. The molecular weight excluding hydrogens is 532 g/mol. The quantitative estimate of drug-likeness (QED) is 0.276. The zero-order chi connectivity index (χ0) is 26.1. The van der Waals surface area contributed by atoms with Gasteiger partial charge in [-0.05, 0) is 52.2 Å². The number of halogens is 2. The summed E-state index contributed by atoms with van der Waals surface area (Å²) < 4.78 is 11.8. The maximum absolute atomic E-state index is 11.4. The van der Waals surface area contributed by atoms with E-state index >= 15 is 0 Å². The number of fused-ring (bicyclic) bond motifs is 1. The van der Waals surface area contributed by atoms with Gasteiger partial charge in [0.25, 0.3) is 0 Å². The molecule has 0 fully saturated rings. The normalized spacial score (nSPS) is 11.0. The minimum Gasteiger partial charge on any atom is -0.545 e. The molecule has 1 aromatic heterocycles. The molecule has 0 aliphatic carbocycles. The summed E-state index contributed by atoms with van der Waals surface area (Å²) in [6, 6.07) is 23.8. The molecule has 1 heterocycles. The van der Waals surface area contributed by atoms with Gasteiger partial charge in [-0.3, -0.25) is 0 Å². The first-order valence-corrected chi connectivity index (χ1v) is 12.5. The van der Waals surface area contributed by atoms with E-state index in [1.807, 2.05) is 56.3 Å². The topological polar surface area (TPSA) is 75.4 Å². The number of carbonyl (C=O) groups is 1. The molecule has 5 rings (SSSR count). The van der Waals surface area contributed by atoms with Crippen LogP contribution in [0.5, 0.6) is 5.75 Å². The molecule has 0 saturated heterocycles. The number of nitrogens with zero attached hydrogens (tertiary/aromatic N) is 1. The first-order chi connectivity index (χ1) is 17.8. The Bertz CT molecular complexity index is 1590. The Hall–Kier alpha value is -2.80. The van der Waals surface area contributed by atoms with Gasteiger partial charge in [-0.25, -0.2) is 0 Å². The minimum absolute atomic E-state index is 0. The third-order valence-corrected chi connectivity index (χ3v) is 6.84. The number of hydrogen-bond donors (Lipinski definition) is 0. The van der Waals surface area contributed by atoms with Crippen molar-refractivity contribution in [2.45, 2.75) is 26.4 Å². The molecule has 0 radical (unpaired) electrons. The van der Waals surface area contributed by atoms with Gasteiger partial charge in [0.15, 0.2) is 0 Å². The van der Waals surface area contributed by atoms with Gasteiger partial charge in [-0.1, -0.05) is 90.7 Å². The van der Waals surface area contributed by atoms with E-state index in [1.54, 1.807) is 36.4 Å². The van der Waals surface area contributed by atoms with Crippen molar-refractivity contribution in [2.24, 2.45) is 0 Å². The zero-order valence-electron chi connectivity index (χ0n) is 21.1. The monoisotopic (exact) mass is 553 g/mol. The summed E-state index contributed by atoms with van der Waals surface area (Å²) in [5.41, 5.74) is 4.11. The van der Waals surface area contributed by atoms with Crippen LogP contribution in [-0.2, 0) is 6.61 Å². The molecule has 5 nitrogen and oxygen atoms in total. The molecule has 0 atom stereocenters. The van der Waals surface area contributed by atoms with Gasteiger partial charge in [-0.15, -0.1) is 0 Å². The second kappa shape index (κ2) is 11.9. The Kier molecular flexibility index (Phi) is 8.86. The molecule has 0 amide bonds. The SMILES string of the molecule is CC(C)c1onc(-c2c(Cl)cccc2Cl)c1COc1ccc(-c2ccc3c(C(=O)[O-])cccc3c2)cc1.[Na+]. The van der Waals surface area contributed by atoms with Crippen LogP contribution in [-0.4, -0.2) is 11.1 Å². The van der Waals surface area contributed by atoms with Crippen molar-refractivity contribution >= 4 is 39.9 Å². The molecule has 0 bridgehead atoms. The van der Waals surface area contributed by atoms with Gasteiger partial charge in [0, 0.05) is 17.0 Å². The fourth-order valence-electron chi connectivity index (χ4n) is 4.38. The summed E-state index contributed by atoms with van der Waals surface area (Å²) in [5, 5.41) is 18.1. The fraction of sp³-hybridized carbons (Fsp3) is 0.133. The van der Waals surface area contributed by atoms with Crippen LogP contribution in [0.15, 0.2) is 83.4 Å². The number of hydrogen-bond acceptors (Lipinski definition) is 5. The van der Waals surface area contributed by atoms with Crippen molar-refractivity contribution in [1.82, 2.24) is 5.16 Å². The van der Waals surface area contributed by atoms with Crippen molar-refractivity contribution in [3.8, 4) is 28.1 Å². The number of benzene rings is 4. The molecule has 0 aliphatic heterocycles. The van der Waals surface area contributed by atoms with Crippen molar-refractivity contribution in [1.29, 1.82) is 0 Å². The number of aromatic carboxylic acids is 1. The van der Waals surface area contributed by atoms with Gasteiger partial charge >= 0.3 is 29.6 Å². The van der Waals surface area contributed by atoms with Crippen LogP contribution < -0.4 is 39.4 Å². The van der Waals surface area contributed by atoms with Crippen molar-refractivity contribution in [2.75, 3.05) is 0 Å². The molecule has 8 heteroatoms. The molecule has 0 unspecified atom stereocenters. The van der Waals surface area contributed by atoms with Crippen LogP contribution in [0, 0.1) is 0 Å². The molecule has 0 N–H and O–H groups in total. The van der Waals surface area contributed by atoms with E-state index in [1.165, 1.54) is 0 Å². The summed E-state index contributed by atoms with van der Waals surface area (Å²) in [6.07, 6.45) is 0. The summed E-state index contributed by atoms with van der Waals surface area (Å²) in [7, 11) is 0. The summed E-state index contributed by atoms with van der Waals surface area (Å²) in [5.74, 6) is 0.299. The Morgan fingerprint density at radius 2 is 1.61 bits per heavy atom. The van der Waals surface area contributed by atoms with Crippen molar-refractivity contribution in [3.05, 3.63) is 106 Å². The summed E-state index contributed by atoms with van der Waals surface area (Å²) in [4.78, 5) is 11.4. The van der Waals surface area contributed by atoms with E-state index < -0.39 is 5.97 Å². The second-order valence-corrected chi connectivity index (χ2v) is 9.78. The summed E-state index contributed by atoms with van der Waals surface area (Å²) in [6.45, 7) is 4.28. The average molecular weight is 554 g/mol. The first kappa shape index (κ1) is 28.2. The summed E-state index contributed by atoms with van der Waals surface area (Å²) >= 11 is 12.9. The smallest absolute Gasteiger partial charge is 0.545 e. The fourth-order valence-corrected chi connectivity index (χ4v) is 4.95. The Balaban J connectivity index is 0.00000336. The van der Waals surface area contributed by atoms with E-state index in [4.69, 9.17) is 32.5 Å². The number of rotatable bonds is 7. The van der Waals surface area contributed by atoms with Crippen LogP contribution in [0.2, 0.25) is 10.0 Å². The number of aromatic nitrogens is 1. The van der Waals surface area contributed by atoms with E-state index in [0.717, 1.165) is 27.8 Å². The van der Waals surface area contributed by atoms with Crippen LogP contribution in [0.3, 0.4) is 0 Å². The van der Waals surface area contributed by atoms with Crippen LogP contribution in [0.4, 0.5) is 0 Å². The average Bonchev–Trinajstić information content (AvgIpc) is 3.30. The predicted molar refractivity (Wildman–Crippen MR) is 144 cm³/mol. The predicted octanol–water partition coefficient (Wildman–Crippen LogP) is 4.54. The zero-order valence-corrected chi connectivity index (χ0v) is 24.6. The van der Waals surface area contributed by atoms with Crippen molar-refractivity contribution < 1.29 is 48.7 Å². The Morgan fingerprint density at radius 1 is 0.947 bits per heavy atom. The molecule has 186 valence electrons. The van der Waals surface area contributed by atoms with Crippen LogP contribution in [0.1, 0.15) is 41.4 Å². The molecule has 38 heavy (non-hydrogen) atoms. The van der Waals surface area contributed by atoms with Gasteiger partial charge in [-0.2, -0.15) is 0 Å². The number of carboxylic acid groups (broad SMARTS) is 1. The van der Waals surface area contributed by atoms with Gasteiger partial charge < -0.3 is 19.2 Å². The van der Waals surface area contributed by atoms with Crippen LogP contribution >= 0.6 is 23.2 Å². The van der Waals surface area contributed by atoms with Crippen molar-refractivity contribution in [3.63, 3.8) is 0 Å². The second-order valence-electron chi connectivity index (χ2n) is 8.97. The van der Waals surface area contributed by atoms with E-state index in [0.29, 0.717) is 32.4 Å².